The molecule has 0 aliphatic carbocycles. The molecule has 0 saturated heterocycles. The highest BCUT2D eigenvalue weighted by atomic mass is 16.6. The van der Waals surface area contributed by atoms with Crippen LogP contribution in [0.5, 0.6) is 11.5 Å². The molecule has 4 heteroatoms. The van der Waals surface area contributed by atoms with E-state index in [2.05, 4.69) is 6.58 Å². The van der Waals surface area contributed by atoms with Gasteiger partial charge in [0.1, 0.15) is 6.61 Å². The van der Waals surface area contributed by atoms with Crippen molar-refractivity contribution in [3.8, 4) is 11.5 Å². The number of nitrogens with zero attached hydrogens (tertiary/aromatic N) is 1. The molecule has 0 saturated carbocycles. The van der Waals surface area contributed by atoms with Gasteiger partial charge in [-0.1, -0.05) is 39.5 Å². The normalized spacial score (nSPS) is 11.3. The number of ether oxygens (including phenoxy) is 2. The average Bonchev–Trinajstić information content (AvgIpc) is 2.38. The van der Waals surface area contributed by atoms with Gasteiger partial charge < -0.3 is 14.4 Å². The van der Waals surface area contributed by atoms with E-state index in [-0.39, 0.29) is 5.41 Å². The third kappa shape index (κ3) is 5.60. The lowest BCUT2D eigenvalue weighted by atomic mass is 9.88. The second-order valence-corrected chi connectivity index (χ2v) is 6.22. The fraction of sp³-hybridized carbons (Fsp3) is 0.471. The summed E-state index contributed by atoms with van der Waals surface area (Å²) < 4.78 is 11.1. The maximum absolute atomic E-state index is 12.1. The summed E-state index contributed by atoms with van der Waals surface area (Å²) in [6, 6.07) is 7.17. The fourth-order valence-corrected chi connectivity index (χ4v) is 1.46. The maximum Gasteiger partial charge on any atom is 0.339 e. The zero-order valence-electron chi connectivity index (χ0n) is 13.6. The Balaban J connectivity index is 2.75. The van der Waals surface area contributed by atoms with Gasteiger partial charge in [-0.05, 0) is 31.6 Å². The van der Waals surface area contributed by atoms with E-state index in [4.69, 9.17) is 9.47 Å². The van der Waals surface area contributed by atoms with E-state index < -0.39 is 5.97 Å². The van der Waals surface area contributed by atoms with Crippen molar-refractivity contribution in [3.05, 3.63) is 36.4 Å². The Labute approximate surface area is 127 Å². The topological polar surface area (TPSA) is 38.8 Å². The molecule has 0 unspecified atom stereocenters. The third-order valence-corrected chi connectivity index (χ3v) is 3.00. The van der Waals surface area contributed by atoms with Crippen molar-refractivity contribution in [2.24, 2.45) is 5.41 Å². The van der Waals surface area contributed by atoms with Crippen LogP contribution in [0.3, 0.4) is 0 Å². The van der Waals surface area contributed by atoms with Gasteiger partial charge in [0, 0.05) is 12.1 Å². The summed E-state index contributed by atoms with van der Waals surface area (Å²) in [4.78, 5) is 14.1. The van der Waals surface area contributed by atoms with E-state index in [1.807, 2.05) is 45.8 Å². The lowest BCUT2D eigenvalue weighted by Gasteiger charge is -2.20. The number of likely N-dealkylation sites (N-methyl/N-ethyl adjacent to an activating group) is 1. The molecule has 0 spiro atoms. The molecule has 0 bridgehead atoms. The van der Waals surface area contributed by atoms with Gasteiger partial charge in [0.2, 0.25) is 0 Å². The number of para-hydroxylation sites is 2. The zero-order chi connectivity index (χ0) is 16.0. The first-order chi connectivity index (χ1) is 9.71. The van der Waals surface area contributed by atoms with Crippen molar-refractivity contribution < 1.29 is 14.3 Å². The average molecular weight is 291 g/mol. The molecule has 1 aromatic rings. The van der Waals surface area contributed by atoms with E-state index >= 15 is 0 Å². The Kier molecular flexibility index (Phi) is 5.97. The minimum atomic E-state index is -0.425. The van der Waals surface area contributed by atoms with Crippen molar-refractivity contribution in [1.82, 2.24) is 4.90 Å². The van der Waals surface area contributed by atoms with Crippen LogP contribution < -0.4 is 9.47 Å². The molecule has 0 atom stereocenters. The van der Waals surface area contributed by atoms with Crippen LogP contribution in [0.4, 0.5) is 0 Å². The molecule has 21 heavy (non-hydrogen) atoms. The van der Waals surface area contributed by atoms with Crippen LogP contribution >= 0.6 is 0 Å². The Morgan fingerprint density at radius 3 is 2.29 bits per heavy atom. The first-order valence-corrected chi connectivity index (χ1v) is 7.00. The minimum Gasteiger partial charge on any atom is -0.488 e. The molecular formula is C17H25NO3. The highest BCUT2D eigenvalue weighted by molar-refractivity contribution is 5.91. The van der Waals surface area contributed by atoms with Crippen LogP contribution in [0.1, 0.15) is 20.8 Å². The molecule has 0 fully saturated rings. The summed E-state index contributed by atoms with van der Waals surface area (Å²) in [6.45, 7) is 10.9. The molecule has 0 aromatic heterocycles. The molecule has 0 N–H and O–H groups in total. The van der Waals surface area contributed by atoms with E-state index in [9.17, 15) is 4.79 Å². The van der Waals surface area contributed by atoms with Crippen LogP contribution in [0.25, 0.3) is 0 Å². The van der Waals surface area contributed by atoms with Gasteiger partial charge in [0.05, 0.1) is 0 Å². The lowest BCUT2D eigenvalue weighted by Crippen LogP contribution is -2.22. The number of esters is 1. The van der Waals surface area contributed by atoms with Gasteiger partial charge >= 0.3 is 5.97 Å². The first kappa shape index (κ1) is 17.2. The largest absolute Gasteiger partial charge is 0.488 e. The summed E-state index contributed by atoms with van der Waals surface area (Å²) in [7, 11) is 3.95. The van der Waals surface area contributed by atoms with Gasteiger partial charge in [-0.3, -0.25) is 0 Å². The molecule has 0 heterocycles. The van der Waals surface area contributed by atoms with E-state index in [1.165, 1.54) is 0 Å². The molecule has 0 aliphatic rings. The van der Waals surface area contributed by atoms with E-state index in [1.54, 1.807) is 18.2 Å². The number of carbonyl (C=O) groups is 1. The van der Waals surface area contributed by atoms with Crippen molar-refractivity contribution in [2.75, 3.05) is 27.2 Å². The monoisotopic (exact) mass is 291 g/mol. The predicted molar refractivity (Wildman–Crippen MR) is 84.7 cm³/mol. The number of benzene rings is 1. The molecule has 0 radical (unpaired) electrons. The summed E-state index contributed by atoms with van der Waals surface area (Å²) >= 11 is 0. The third-order valence-electron chi connectivity index (χ3n) is 3.00. The highest BCUT2D eigenvalue weighted by Crippen LogP contribution is 2.30. The summed E-state index contributed by atoms with van der Waals surface area (Å²) in [5.41, 5.74) is 0.114. The molecule has 1 aromatic carbocycles. The van der Waals surface area contributed by atoms with Crippen molar-refractivity contribution >= 4 is 5.97 Å². The molecule has 0 aliphatic heterocycles. The fourth-order valence-electron chi connectivity index (χ4n) is 1.46. The second kappa shape index (κ2) is 7.27. The Morgan fingerprint density at radius 2 is 1.76 bits per heavy atom. The molecular weight excluding hydrogens is 266 g/mol. The van der Waals surface area contributed by atoms with Gasteiger partial charge in [-0.25, -0.2) is 4.79 Å². The standard InChI is InChI=1S/C17H25NO3/c1-13(17(2,3)4)16(19)21-15-10-8-7-9-14(15)20-12-11-18(5)6/h7-10H,1,11-12H2,2-6H3. The van der Waals surface area contributed by atoms with Crippen molar-refractivity contribution in [3.63, 3.8) is 0 Å². The van der Waals surface area contributed by atoms with Crippen molar-refractivity contribution in [2.45, 2.75) is 20.8 Å². The second-order valence-electron chi connectivity index (χ2n) is 6.22. The highest BCUT2D eigenvalue weighted by Gasteiger charge is 2.24. The van der Waals surface area contributed by atoms with E-state index in [0.29, 0.717) is 23.7 Å². The molecule has 116 valence electrons. The Hall–Kier alpha value is -1.81. The minimum absolute atomic E-state index is 0.322. The molecule has 4 nitrogen and oxygen atoms in total. The smallest absolute Gasteiger partial charge is 0.339 e. The zero-order valence-corrected chi connectivity index (χ0v) is 13.6. The Bertz CT molecular complexity index is 501. The van der Waals surface area contributed by atoms with Gasteiger partial charge in [-0.15, -0.1) is 0 Å². The maximum atomic E-state index is 12.1. The van der Waals surface area contributed by atoms with E-state index in [0.717, 1.165) is 6.54 Å². The summed E-state index contributed by atoms with van der Waals surface area (Å²) in [6.07, 6.45) is 0. The van der Waals surface area contributed by atoms with Gasteiger partial charge in [0.15, 0.2) is 11.5 Å². The summed E-state index contributed by atoms with van der Waals surface area (Å²) in [5, 5.41) is 0. The lowest BCUT2D eigenvalue weighted by molar-refractivity contribution is -0.131. The van der Waals surface area contributed by atoms with Gasteiger partial charge in [-0.2, -0.15) is 0 Å². The SMILES string of the molecule is C=C(C(=O)Oc1ccccc1OCCN(C)C)C(C)(C)C. The number of rotatable bonds is 6. The molecule has 1 rings (SSSR count). The predicted octanol–water partition coefficient (Wildman–Crippen LogP) is 3.13. The molecule has 0 amide bonds. The van der Waals surface area contributed by atoms with Crippen LogP contribution in [0, 0.1) is 5.41 Å². The van der Waals surface area contributed by atoms with Crippen LogP contribution in [-0.4, -0.2) is 38.1 Å². The quantitative estimate of drug-likeness (QED) is 0.458. The van der Waals surface area contributed by atoms with Crippen LogP contribution in [0.2, 0.25) is 0 Å². The van der Waals surface area contributed by atoms with Crippen molar-refractivity contribution in [1.29, 1.82) is 0 Å². The Morgan fingerprint density at radius 1 is 1.19 bits per heavy atom. The number of hydrogen-bond donors (Lipinski definition) is 0. The van der Waals surface area contributed by atoms with Crippen LogP contribution in [-0.2, 0) is 4.79 Å². The number of carbonyl (C=O) groups excluding carboxylic acids is 1. The summed E-state index contributed by atoms with van der Waals surface area (Å²) in [5.74, 6) is 0.562. The first-order valence-electron chi connectivity index (χ1n) is 7.00. The van der Waals surface area contributed by atoms with Crippen LogP contribution in [0.15, 0.2) is 36.4 Å². The number of hydrogen-bond acceptors (Lipinski definition) is 4. The van der Waals surface area contributed by atoms with Gasteiger partial charge in [0.25, 0.3) is 0 Å².